The van der Waals surface area contributed by atoms with Gasteiger partial charge >= 0.3 is 5.69 Å². The van der Waals surface area contributed by atoms with Gasteiger partial charge in [0.2, 0.25) is 5.88 Å². The minimum Gasteiger partial charge on any atom is -0.494 e. The maximum atomic E-state index is 14.0. The molecule has 2 aromatic heterocycles. The molecule has 154 valence electrons. The molecule has 9 nitrogen and oxygen atoms in total. The molecule has 4 aromatic rings. The first-order valence-corrected chi connectivity index (χ1v) is 9.08. The highest BCUT2D eigenvalue weighted by Crippen LogP contribution is 2.22. The number of benzene rings is 2. The van der Waals surface area contributed by atoms with Crippen molar-refractivity contribution in [1.82, 2.24) is 29.6 Å². The molecule has 2 aromatic carbocycles. The van der Waals surface area contributed by atoms with E-state index in [4.69, 9.17) is 9.47 Å². The van der Waals surface area contributed by atoms with Gasteiger partial charge in [-0.05, 0) is 41.1 Å². The van der Waals surface area contributed by atoms with Gasteiger partial charge in [-0.25, -0.2) is 13.9 Å². The second-order valence-corrected chi connectivity index (χ2v) is 6.58. The van der Waals surface area contributed by atoms with Crippen LogP contribution in [0, 0.1) is 12.7 Å². The molecule has 0 aliphatic rings. The SMILES string of the molecule is COc1ccc(-n2ccc(OCc3c(C)cccc3-n3nnn(C)c3=O)n2)cc1F. The molecule has 0 spiro atoms. The number of rotatable bonds is 6. The predicted molar refractivity (Wildman–Crippen MR) is 106 cm³/mol. The predicted octanol–water partition coefficient (Wildman–Crippen LogP) is 2.19. The van der Waals surface area contributed by atoms with E-state index in [1.807, 2.05) is 19.1 Å². The molecule has 4 rings (SSSR count). The summed E-state index contributed by atoms with van der Waals surface area (Å²) in [6.45, 7) is 2.08. The van der Waals surface area contributed by atoms with Gasteiger partial charge in [0.05, 0.1) is 18.5 Å². The Kier molecular flexibility index (Phi) is 5.05. The van der Waals surface area contributed by atoms with Gasteiger partial charge in [0.25, 0.3) is 0 Å². The lowest BCUT2D eigenvalue weighted by Gasteiger charge is -2.11. The molecule has 0 aliphatic heterocycles. The van der Waals surface area contributed by atoms with Gasteiger partial charge in [0, 0.05) is 30.9 Å². The van der Waals surface area contributed by atoms with E-state index in [-0.39, 0.29) is 18.0 Å². The lowest BCUT2D eigenvalue weighted by molar-refractivity contribution is 0.290. The first kappa shape index (κ1) is 19.4. The van der Waals surface area contributed by atoms with Crippen molar-refractivity contribution in [3.8, 4) is 23.0 Å². The van der Waals surface area contributed by atoms with Crippen molar-refractivity contribution in [2.24, 2.45) is 7.05 Å². The molecule has 0 saturated heterocycles. The monoisotopic (exact) mass is 410 g/mol. The molecule has 0 radical (unpaired) electrons. The standard InChI is InChI=1S/C20H19FN6O3/c1-13-5-4-6-17(27-20(28)25(2)23-24-27)15(13)12-30-19-9-10-26(22-19)14-7-8-18(29-3)16(21)11-14/h4-11H,12H2,1-3H3. The van der Waals surface area contributed by atoms with Crippen LogP contribution in [0.2, 0.25) is 0 Å². The van der Waals surface area contributed by atoms with Crippen molar-refractivity contribution >= 4 is 0 Å². The van der Waals surface area contributed by atoms with E-state index in [0.717, 1.165) is 15.8 Å². The molecule has 0 atom stereocenters. The zero-order chi connectivity index (χ0) is 21.3. The lowest BCUT2D eigenvalue weighted by atomic mass is 10.1. The Hall–Kier alpha value is -3.95. The van der Waals surface area contributed by atoms with Crippen molar-refractivity contribution in [1.29, 1.82) is 0 Å². The van der Waals surface area contributed by atoms with Crippen LogP contribution in [-0.2, 0) is 13.7 Å². The molecule has 2 heterocycles. The molecule has 10 heteroatoms. The average molecular weight is 410 g/mol. The van der Waals surface area contributed by atoms with E-state index in [1.165, 1.54) is 35.7 Å². The Morgan fingerprint density at radius 1 is 1.13 bits per heavy atom. The third-order valence-corrected chi connectivity index (χ3v) is 4.66. The molecule has 0 bridgehead atoms. The fourth-order valence-corrected chi connectivity index (χ4v) is 3.01. The number of ether oxygens (including phenoxy) is 2. The first-order chi connectivity index (χ1) is 14.5. The third kappa shape index (κ3) is 3.54. The number of nitrogens with zero attached hydrogens (tertiary/aromatic N) is 6. The Bertz CT molecular complexity index is 1260. The van der Waals surface area contributed by atoms with Crippen LogP contribution in [0.15, 0.2) is 53.5 Å². The number of hydrogen-bond donors (Lipinski definition) is 0. The average Bonchev–Trinajstić information content (AvgIpc) is 3.34. The van der Waals surface area contributed by atoms with Crippen LogP contribution in [0.25, 0.3) is 11.4 Å². The van der Waals surface area contributed by atoms with Crippen LogP contribution in [0.1, 0.15) is 11.1 Å². The maximum absolute atomic E-state index is 14.0. The molecular weight excluding hydrogens is 391 g/mol. The van der Waals surface area contributed by atoms with E-state index < -0.39 is 5.82 Å². The normalized spacial score (nSPS) is 10.9. The van der Waals surface area contributed by atoms with Crippen molar-refractivity contribution in [3.63, 3.8) is 0 Å². The van der Waals surface area contributed by atoms with Crippen LogP contribution in [0.3, 0.4) is 0 Å². The van der Waals surface area contributed by atoms with Crippen molar-refractivity contribution in [2.45, 2.75) is 13.5 Å². The molecule has 0 fully saturated rings. The zero-order valence-electron chi connectivity index (χ0n) is 16.6. The molecule has 0 aliphatic carbocycles. The summed E-state index contributed by atoms with van der Waals surface area (Å²) in [5.41, 5.74) is 2.48. The van der Waals surface area contributed by atoms with Crippen LogP contribution in [0.4, 0.5) is 4.39 Å². The summed E-state index contributed by atoms with van der Waals surface area (Å²) in [6.07, 6.45) is 1.67. The van der Waals surface area contributed by atoms with E-state index in [2.05, 4.69) is 15.5 Å². The van der Waals surface area contributed by atoms with E-state index in [0.29, 0.717) is 17.3 Å². The Morgan fingerprint density at radius 3 is 2.67 bits per heavy atom. The van der Waals surface area contributed by atoms with Gasteiger partial charge in [-0.2, -0.15) is 9.36 Å². The molecule has 0 amide bonds. The Morgan fingerprint density at radius 2 is 1.97 bits per heavy atom. The lowest BCUT2D eigenvalue weighted by Crippen LogP contribution is -2.23. The van der Waals surface area contributed by atoms with Crippen molar-refractivity contribution in [3.05, 3.63) is 76.1 Å². The minimum atomic E-state index is -0.480. The highest BCUT2D eigenvalue weighted by molar-refractivity contribution is 5.44. The second kappa shape index (κ2) is 7.82. The topological polar surface area (TPSA) is 89.0 Å². The number of tetrazole rings is 1. The summed E-state index contributed by atoms with van der Waals surface area (Å²) in [4.78, 5) is 12.2. The van der Waals surface area contributed by atoms with Gasteiger partial charge in [-0.3, -0.25) is 0 Å². The highest BCUT2D eigenvalue weighted by Gasteiger charge is 2.14. The van der Waals surface area contributed by atoms with Crippen molar-refractivity contribution in [2.75, 3.05) is 7.11 Å². The van der Waals surface area contributed by atoms with Gasteiger partial charge in [0.15, 0.2) is 11.6 Å². The largest absolute Gasteiger partial charge is 0.494 e. The molecule has 30 heavy (non-hydrogen) atoms. The highest BCUT2D eigenvalue weighted by atomic mass is 19.1. The van der Waals surface area contributed by atoms with E-state index in [9.17, 15) is 9.18 Å². The van der Waals surface area contributed by atoms with Gasteiger partial charge in [0.1, 0.15) is 6.61 Å². The van der Waals surface area contributed by atoms with Gasteiger partial charge in [-0.15, -0.1) is 5.10 Å². The summed E-state index contributed by atoms with van der Waals surface area (Å²) >= 11 is 0. The molecule has 0 unspecified atom stereocenters. The fraction of sp³-hybridized carbons (Fsp3) is 0.200. The first-order valence-electron chi connectivity index (χ1n) is 9.08. The Balaban J connectivity index is 1.57. The van der Waals surface area contributed by atoms with Crippen LogP contribution in [-0.4, -0.2) is 36.7 Å². The van der Waals surface area contributed by atoms with Crippen LogP contribution in [0.5, 0.6) is 11.6 Å². The summed E-state index contributed by atoms with van der Waals surface area (Å²) in [7, 11) is 2.94. The van der Waals surface area contributed by atoms with Crippen molar-refractivity contribution < 1.29 is 13.9 Å². The Labute approximate surface area is 170 Å². The maximum Gasteiger partial charge on any atom is 0.368 e. The molecular formula is C20H19FN6O3. The molecule has 0 N–H and O–H groups in total. The van der Waals surface area contributed by atoms with E-state index in [1.54, 1.807) is 24.4 Å². The third-order valence-electron chi connectivity index (χ3n) is 4.66. The summed E-state index contributed by atoms with van der Waals surface area (Å²) in [6, 6.07) is 11.8. The zero-order valence-corrected chi connectivity index (χ0v) is 16.6. The van der Waals surface area contributed by atoms with Gasteiger partial charge in [-0.1, -0.05) is 12.1 Å². The minimum absolute atomic E-state index is 0.161. The number of aromatic nitrogens is 6. The number of halogens is 1. The van der Waals surface area contributed by atoms with E-state index >= 15 is 0 Å². The van der Waals surface area contributed by atoms with Crippen LogP contribution >= 0.6 is 0 Å². The summed E-state index contributed by atoms with van der Waals surface area (Å²) < 4.78 is 28.6. The van der Waals surface area contributed by atoms with Crippen LogP contribution < -0.4 is 15.2 Å². The summed E-state index contributed by atoms with van der Waals surface area (Å²) in [5.74, 6) is 0.0348. The quantitative estimate of drug-likeness (QED) is 0.484. The number of aryl methyl sites for hydroxylation is 2. The fourth-order valence-electron chi connectivity index (χ4n) is 3.01. The second-order valence-electron chi connectivity index (χ2n) is 6.58. The smallest absolute Gasteiger partial charge is 0.368 e. The number of methoxy groups -OCH3 is 1. The summed E-state index contributed by atoms with van der Waals surface area (Å²) in [5, 5.41) is 12.0. The molecule has 0 saturated carbocycles. The van der Waals surface area contributed by atoms with Gasteiger partial charge < -0.3 is 9.47 Å². The number of hydrogen-bond acceptors (Lipinski definition) is 6.